The van der Waals surface area contributed by atoms with Crippen LogP contribution in [-0.2, 0) is 0 Å². The van der Waals surface area contributed by atoms with E-state index < -0.39 is 28.4 Å². The van der Waals surface area contributed by atoms with Crippen molar-refractivity contribution in [3.05, 3.63) is 109 Å². The van der Waals surface area contributed by atoms with E-state index in [1.807, 2.05) is 30.3 Å². The van der Waals surface area contributed by atoms with Crippen molar-refractivity contribution in [2.45, 2.75) is 0 Å². The maximum Gasteiger partial charge on any atom is 0.333 e. The van der Waals surface area contributed by atoms with Crippen molar-refractivity contribution in [2.24, 2.45) is 0 Å². The third kappa shape index (κ3) is 3.44. The summed E-state index contributed by atoms with van der Waals surface area (Å²) in [7, 11) is 0. The Labute approximate surface area is 168 Å². The summed E-state index contributed by atoms with van der Waals surface area (Å²) in [5.41, 5.74) is -0.720. The minimum absolute atomic E-state index is 0.106. The van der Waals surface area contributed by atoms with Crippen LogP contribution in [0.3, 0.4) is 0 Å². The van der Waals surface area contributed by atoms with Crippen LogP contribution >= 0.6 is 11.6 Å². The van der Waals surface area contributed by atoms with Crippen LogP contribution in [0.15, 0.2) is 70.3 Å². The van der Waals surface area contributed by atoms with Crippen molar-refractivity contribution in [3.8, 4) is 17.5 Å². The van der Waals surface area contributed by atoms with Gasteiger partial charge in [0.25, 0.3) is 5.56 Å². The second kappa shape index (κ2) is 7.38. The molecule has 4 aromatic rings. The summed E-state index contributed by atoms with van der Waals surface area (Å²) in [5, 5.41) is -0.0630. The topological polar surface area (TPSA) is 54.9 Å². The third-order valence-corrected chi connectivity index (χ3v) is 4.58. The lowest BCUT2D eigenvalue weighted by atomic mass is 10.1. The molecular weight excluding hydrogens is 398 g/mol. The van der Waals surface area contributed by atoms with E-state index >= 15 is 0 Å². The van der Waals surface area contributed by atoms with Gasteiger partial charge in [0.1, 0.15) is 0 Å². The van der Waals surface area contributed by atoms with Crippen LogP contribution in [0.1, 0.15) is 11.1 Å². The minimum atomic E-state index is -1.29. The molecule has 0 saturated heterocycles. The van der Waals surface area contributed by atoms with E-state index in [4.69, 9.17) is 11.6 Å². The maximum absolute atomic E-state index is 13.9. The van der Waals surface area contributed by atoms with Gasteiger partial charge in [-0.2, -0.15) is 0 Å². The Hall–Kier alpha value is -3.69. The van der Waals surface area contributed by atoms with E-state index in [0.717, 1.165) is 22.3 Å². The first-order valence-electron chi connectivity index (χ1n) is 8.46. The Bertz CT molecular complexity index is 1430. The molecule has 0 amide bonds. The standard InChI is InChI=1S/C22H11ClF2N2O2/c23-16-12-14(7-6-13-4-2-1-3-5-13)8-11-18(16)27-21(28)15-9-10-17(24)19(25)20(15)26-22(27)29/h1-5,8-12H,(H,26,29). The van der Waals surface area contributed by atoms with Gasteiger partial charge in [-0.15, -0.1) is 0 Å². The molecule has 0 bridgehead atoms. The van der Waals surface area contributed by atoms with E-state index in [2.05, 4.69) is 16.8 Å². The van der Waals surface area contributed by atoms with Crippen molar-refractivity contribution in [1.82, 2.24) is 9.55 Å². The highest BCUT2D eigenvalue weighted by Crippen LogP contribution is 2.21. The summed E-state index contributed by atoms with van der Waals surface area (Å²) < 4.78 is 28.1. The molecule has 0 aliphatic carbocycles. The number of nitrogens with one attached hydrogen (secondary N) is 1. The normalized spacial score (nSPS) is 10.6. The van der Waals surface area contributed by atoms with E-state index in [1.54, 1.807) is 6.07 Å². The first-order chi connectivity index (χ1) is 14.0. The zero-order chi connectivity index (χ0) is 20.5. The molecule has 1 aromatic heterocycles. The molecule has 0 aliphatic heterocycles. The average Bonchev–Trinajstić information content (AvgIpc) is 2.72. The Morgan fingerprint density at radius 1 is 0.897 bits per heavy atom. The highest BCUT2D eigenvalue weighted by molar-refractivity contribution is 6.32. The molecule has 1 heterocycles. The average molecular weight is 409 g/mol. The first kappa shape index (κ1) is 18.7. The highest BCUT2D eigenvalue weighted by atomic mass is 35.5. The number of fused-ring (bicyclic) bond motifs is 1. The zero-order valence-corrected chi connectivity index (χ0v) is 15.4. The molecular formula is C22H11ClF2N2O2. The second-order valence-electron chi connectivity index (χ2n) is 6.14. The molecule has 4 nitrogen and oxygen atoms in total. The molecule has 3 aromatic carbocycles. The number of halogens is 3. The van der Waals surface area contributed by atoms with Gasteiger partial charge in [-0.3, -0.25) is 4.79 Å². The smallest absolute Gasteiger partial charge is 0.304 e. The number of rotatable bonds is 1. The van der Waals surface area contributed by atoms with Gasteiger partial charge >= 0.3 is 5.69 Å². The van der Waals surface area contributed by atoms with E-state index in [-0.39, 0.29) is 16.1 Å². The molecule has 0 aliphatic rings. The number of hydrogen-bond donors (Lipinski definition) is 1. The Morgan fingerprint density at radius 2 is 1.62 bits per heavy atom. The van der Waals surface area contributed by atoms with Crippen molar-refractivity contribution >= 4 is 22.5 Å². The number of hydrogen-bond acceptors (Lipinski definition) is 2. The van der Waals surface area contributed by atoms with Gasteiger partial charge in [-0.1, -0.05) is 41.6 Å². The van der Waals surface area contributed by atoms with Gasteiger partial charge < -0.3 is 4.98 Å². The van der Waals surface area contributed by atoms with Crippen LogP contribution in [-0.4, -0.2) is 9.55 Å². The molecule has 0 unspecified atom stereocenters. The fourth-order valence-corrected chi connectivity index (χ4v) is 3.14. The van der Waals surface area contributed by atoms with Crippen LogP contribution in [0.25, 0.3) is 16.6 Å². The molecule has 142 valence electrons. The summed E-state index contributed by atoms with van der Waals surface area (Å²) in [4.78, 5) is 27.3. The lowest BCUT2D eigenvalue weighted by Gasteiger charge is -2.09. The van der Waals surface area contributed by atoms with Gasteiger partial charge in [-0.05, 0) is 42.5 Å². The van der Waals surface area contributed by atoms with Crippen LogP contribution in [0.2, 0.25) is 5.02 Å². The van der Waals surface area contributed by atoms with Crippen LogP contribution in [0.4, 0.5) is 8.78 Å². The lowest BCUT2D eigenvalue weighted by molar-refractivity contribution is 0.514. The lowest BCUT2D eigenvalue weighted by Crippen LogP contribution is -2.34. The number of aromatic amines is 1. The maximum atomic E-state index is 13.9. The molecule has 0 radical (unpaired) electrons. The predicted molar refractivity (Wildman–Crippen MR) is 108 cm³/mol. The van der Waals surface area contributed by atoms with Crippen molar-refractivity contribution < 1.29 is 8.78 Å². The summed E-state index contributed by atoms with van der Waals surface area (Å²) >= 11 is 6.28. The second-order valence-corrected chi connectivity index (χ2v) is 6.54. The number of benzene rings is 3. The van der Waals surface area contributed by atoms with E-state index in [0.29, 0.717) is 5.56 Å². The summed E-state index contributed by atoms with van der Waals surface area (Å²) in [5.74, 6) is 3.48. The molecule has 0 atom stereocenters. The third-order valence-electron chi connectivity index (χ3n) is 4.28. The quantitative estimate of drug-likeness (QED) is 0.484. The molecule has 29 heavy (non-hydrogen) atoms. The fourth-order valence-electron chi connectivity index (χ4n) is 2.88. The number of nitrogens with zero attached hydrogens (tertiary/aromatic N) is 1. The zero-order valence-electron chi connectivity index (χ0n) is 14.7. The number of H-pyrrole nitrogens is 1. The van der Waals surface area contributed by atoms with Gasteiger partial charge in [-0.25, -0.2) is 18.1 Å². The number of aromatic nitrogens is 2. The largest absolute Gasteiger partial charge is 0.333 e. The van der Waals surface area contributed by atoms with Crippen LogP contribution in [0, 0.1) is 23.5 Å². The van der Waals surface area contributed by atoms with Gasteiger partial charge in [0.05, 0.1) is 21.6 Å². The van der Waals surface area contributed by atoms with E-state index in [1.165, 1.54) is 12.1 Å². The Kier molecular flexibility index (Phi) is 4.75. The van der Waals surface area contributed by atoms with Crippen LogP contribution < -0.4 is 11.2 Å². The van der Waals surface area contributed by atoms with Gasteiger partial charge in [0.15, 0.2) is 11.6 Å². The molecule has 0 fully saturated rings. The minimum Gasteiger partial charge on any atom is -0.304 e. The summed E-state index contributed by atoms with van der Waals surface area (Å²) in [6.45, 7) is 0. The fraction of sp³-hybridized carbons (Fsp3) is 0. The van der Waals surface area contributed by atoms with Crippen LogP contribution in [0.5, 0.6) is 0 Å². The summed E-state index contributed by atoms with van der Waals surface area (Å²) in [6, 6.07) is 15.9. The first-order valence-corrected chi connectivity index (χ1v) is 8.83. The van der Waals surface area contributed by atoms with Crippen molar-refractivity contribution in [1.29, 1.82) is 0 Å². The monoisotopic (exact) mass is 408 g/mol. The van der Waals surface area contributed by atoms with E-state index in [9.17, 15) is 18.4 Å². The molecule has 0 saturated carbocycles. The Balaban J connectivity index is 1.83. The molecule has 0 spiro atoms. The summed E-state index contributed by atoms with van der Waals surface area (Å²) in [6.07, 6.45) is 0. The molecule has 7 heteroatoms. The van der Waals surface area contributed by atoms with Crippen molar-refractivity contribution in [2.75, 3.05) is 0 Å². The highest BCUT2D eigenvalue weighted by Gasteiger charge is 2.16. The van der Waals surface area contributed by atoms with Gasteiger partial charge in [0.2, 0.25) is 0 Å². The van der Waals surface area contributed by atoms with Gasteiger partial charge in [0, 0.05) is 11.1 Å². The predicted octanol–water partition coefficient (Wildman–Crippen LogP) is 4.01. The van der Waals surface area contributed by atoms with Crippen molar-refractivity contribution in [3.63, 3.8) is 0 Å². The molecule has 4 rings (SSSR count). The SMILES string of the molecule is O=c1[nH]c2c(F)c(F)ccc2c(=O)n1-c1ccc(C#Cc2ccccc2)cc1Cl. The molecule has 1 N–H and O–H groups in total. The Morgan fingerprint density at radius 3 is 2.34 bits per heavy atom.